The molecule has 7 heteroatoms. The van der Waals surface area contributed by atoms with Crippen LogP contribution >= 0.6 is 23.4 Å². The molecule has 1 rings (SSSR count). The first-order valence-electron chi connectivity index (χ1n) is 4.58. The Labute approximate surface area is 97.7 Å². The average Bonchev–Trinajstić information content (AvgIpc) is 2.17. The van der Waals surface area contributed by atoms with Crippen molar-refractivity contribution >= 4 is 29.3 Å². The van der Waals surface area contributed by atoms with Crippen molar-refractivity contribution < 1.29 is 5.11 Å². The van der Waals surface area contributed by atoms with Gasteiger partial charge in [-0.1, -0.05) is 18.7 Å². The SMILES string of the molecule is CCNc1nc(Cl)nc(SC(C)CO)n1. The van der Waals surface area contributed by atoms with Gasteiger partial charge in [0.15, 0.2) is 5.16 Å². The van der Waals surface area contributed by atoms with Crippen LogP contribution in [0.5, 0.6) is 0 Å². The molecule has 0 aliphatic heterocycles. The molecule has 2 N–H and O–H groups in total. The minimum atomic E-state index is 0.0398. The van der Waals surface area contributed by atoms with E-state index in [0.29, 0.717) is 11.1 Å². The van der Waals surface area contributed by atoms with Gasteiger partial charge in [0, 0.05) is 11.8 Å². The van der Waals surface area contributed by atoms with Crippen molar-refractivity contribution in [3.63, 3.8) is 0 Å². The summed E-state index contributed by atoms with van der Waals surface area (Å²) in [5.74, 6) is 0.463. The Morgan fingerprint density at radius 1 is 1.47 bits per heavy atom. The van der Waals surface area contributed by atoms with Crippen molar-refractivity contribution in [2.24, 2.45) is 0 Å². The highest BCUT2D eigenvalue weighted by molar-refractivity contribution is 7.99. The molecule has 1 atom stereocenters. The van der Waals surface area contributed by atoms with E-state index in [1.807, 2.05) is 13.8 Å². The van der Waals surface area contributed by atoms with Gasteiger partial charge in [0.2, 0.25) is 11.2 Å². The lowest BCUT2D eigenvalue weighted by atomic mass is 10.5. The first kappa shape index (κ1) is 12.5. The molecule has 1 unspecified atom stereocenters. The van der Waals surface area contributed by atoms with E-state index >= 15 is 0 Å². The van der Waals surface area contributed by atoms with Crippen LogP contribution in [0.4, 0.5) is 5.95 Å². The first-order chi connectivity index (χ1) is 7.15. The Morgan fingerprint density at radius 2 is 2.20 bits per heavy atom. The van der Waals surface area contributed by atoms with Crippen molar-refractivity contribution in [2.45, 2.75) is 24.3 Å². The highest BCUT2D eigenvalue weighted by atomic mass is 35.5. The molecule has 0 saturated heterocycles. The summed E-state index contributed by atoms with van der Waals surface area (Å²) in [5, 5.41) is 12.6. The van der Waals surface area contributed by atoms with Gasteiger partial charge in [-0.05, 0) is 18.5 Å². The third-order valence-electron chi connectivity index (χ3n) is 1.49. The topological polar surface area (TPSA) is 70.9 Å². The maximum atomic E-state index is 8.90. The van der Waals surface area contributed by atoms with Crippen LogP contribution < -0.4 is 5.32 Å². The van der Waals surface area contributed by atoms with Gasteiger partial charge in [0.1, 0.15) is 0 Å². The van der Waals surface area contributed by atoms with Crippen molar-refractivity contribution in [2.75, 3.05) is 18.5 Å². The number of nitrogens with one attached hydrogen (secondary N) is 1. The number of aliphatic hydroxyl groups excluding tert-OH is 1. The van der Waals surface area contributed by atoms with Crippen molar-refractivity contribution in [1.29, 1.82) is 0 Å². The summed E-state index contributed by atoms with van der Waals surface area (Å²) >= 11 is 7.10. The number of rotatable bonds is 5. The standard InChI is InChI=1S/C8H13ClN4OS/c1-3-10-7-11-6(9)12-8(13-7)15-5(2)4-14/h5,14H,3-4H2,1-2H3,(H,10,11,12,13). The van der Waals surface area contributed by atoms with Gasteiger partial charge in [-0.3, -0.25) is 0 Å². The van der Waals surface area contributed by atoms with Crippen LogP contribution in [-0.4, -0.2) is 38.5 Å². The van der Waals surface area contributed by atoms with E-state index in [-0.39, 0.29) is 17.1 Å². The maximum absolute atomic E-state index is 8.90. The van der Waals surface area contributed by atoms with Gasteiger partial charge in [0.05, 0.1) is 6.61 Å². The summed E-state index contributed by atoms with van der Waals surface area (Å²) in [7, 11) is 0. The second-order valence-electron chi connectivity index (χ2n) is 2.85. The molecular weight excluding hydrogens is 236 g/mol. The third kappa shape index (κ3) is 4.19. The van der Waals surface area contributed by atoms with Crippen LogP contribution in [0.2, 0.25) is 5.28 Å². The maximum Gasteiger partial charge on any atom is 0.228 e. The average molecular weight is 249 g/mol. The van der Waals surface area contributed by atoms with Gasteiger partial charge in [-0.25, -0.2) is 0 Å². The predicted octanol–water partition coefficient (Wildman–Crippen LogP) is 1.43. The van der Waals surface area contributed by atoms with E-state index in [2.05, 4.69) is 20.3 Å². The van der Waals surface area contributed by atoms with Gasteiger partial charge >= 0.3 is 0 Å². The molecule has 0 aliphatic rings. The molecule has 0 radical (unpaired) electrons. The number of hydrogen-bond donors (Lipinski definition) is 2. The van der Waals surface area contributed by atoms with Crippen LogP contribution in [0.25, 0.3) is 0 Å². The quantitative estimate of drug-likeness (QED) is 0.769. The molecule has 0 aromatic carbocycles. The number of aromatic nitrogens is 3. The van der Waals surface area contributed by atoms with Gasteiger partial charge in [0.25, 0.3) is 0 Å². The molecule has 5 nitrogen and oxygen atoms in total. The molecule has 1 heterocycles. The lowest BCUT2D eigenvalue weighted by Gasteiger charge is -2.07. The Morgan fingerprint density at radius 3 is 2.80 bits per heavy atom. The first-order valence-corrected chi connectivity index (χ1v) is 5.84. The number of hydrogen-bond acceptors (Lipinski definition) is 6. The van der Waals surface area contributed by atoms with Crippen molar-refractivity contribution in [3.8, 4) is 0 Å². The number of thioether (sulfide) groups is 1. The number of aliphatic hydroxyl groups is 1. The number of anilines is 1. The summed E-state index contributed by atoms with van der Waals surface area (Å²) in [6.45, 7) is 4.63. The van der Waals surface area contributed by atoms with Gasteiger partial charge < -0.3 is 10.4 Å². The molecule has 0 amide bonds. The lowest BCUT2D eigenvalue weighted by molar-refractivity contribution is 0.300. The fraction of sp³-hybridized carbons (Fsp3) is 0.625. The zero-order chi connectivity index (χ0) is 11.3. The van der Waals surface area contributed by atoms with Crippen molar-refractivity contribution in [3.05, 3.63) is 5.28 Å². The molecule has 0 bridgehead atoms. The van der Waals surface area contributed by atoms with E-state index in [9.17, 15) is 0 Å². The van der Waals surface area contributed by atoms with E-state index in [0.717, 1.165) is 6.54 Å². The molecule has 0 aliphatic carbocycles. The molecule has 1 aromatic heterocycles. The van der Waals surface area contributed by atoms with E-state index in [1.54, 1.807) is 0 Å². The van der Waals surface area contributed by atoms with Crippen LogP contribution in [-0.2, 0) is 0 Å². The Bertz CT molecular complexity index is 326. The largest absolute Gasteiger partial charge is 0.395 e. The minimum absolute atomic E-state index is 0.0398. The molecule has 15 heavy (non-hydrogen) atoms. The number of halogens is 1. The van der Waals surface area contributed by atoms with E-state index in [1.165, 1.54) is 11.8 Å². The highest BCUT2D eigenvalue weighted by Crippen LogP contribution is 2.20. The van der Waals surface area contributed by atoms with Gasteiger partial charge in [-0.15, -0.1) is 0 Å². The molecule has 84 valence electrons. The minimum Gasteiger partial charge on any atom is -0.395 e. The Hall–Kier alpha value is -0.590. The van der Waals surface area contributed by atoms with E-state index in [4.69, 9.17) is 16.7 Å². The Kier molecular flexibility index (Phi) is 5.07. The zero-order valence-corrected chi connectivity index (χ0v) is 10.1. The summed E-state index contributed by atoms with van der Waals surface area (Å²) in [5.41, 5.74) is 0. The van der Waals surface area contributed by atoms with Crippen molar-refractivity contribution in [1.82, 2.24) is 15.0 Å². The molecular formula is C8H13ClN4OS. The zero-order valence-electron chi connectivity index (χ0n) is 8.57. The summed E-state index contributed by atoms with van der Waals surface area (Å²) in [4.78, 5) is 12.0. The molecule has 0 spiro atoms. The van der Waals surface area contributed by atoms with E-state index < -0.39 is 0 Å². The van der Waals surface area contributed by atoms with Gasteiger partial charge in [-0.2, -0.15) is 15.0 Å². The lowest BCUT2D eigenvalue weighted by Crippen LogP contribution is -2.07. The summed E-state index contributed by atoms with van der Waals surface area (Å²) in [6.07, 6.45) is 0. The van der Waals surface area contributed by atoms with Crippen LogP contribution in [0, 0.1) is 0 Å². The second kappa shape index (κ2) is 6.09. The van der Waals surface area contributed by atoms with Crippen LogP contribution in [0.1, 0.15) is 13.8 Å². The second-order valence-corrected chi connectivity index (χ2v) is 4.60. The highest BCUT2D eigenvalue weighted by Gasteiger charge is 2.08. The predicted molar refractivity (Wildman–Crippen MR) is 61.4 cm³/mol. The van der Waals surface area contributed by atoms with Crippen LogP contribution in [0.15, 0.2) is 5.16 Å². The monoisotopic (exact) mass is 248 g/mol. The van der Waals surface area contributed by atoms with Crippen LogP contribution in [0.3, 0.4) is 0 Å². The Balaban J connectivity index is 2.78. The number of nitrogens with zero attached hydrogens (tertiary/aromatic N) is 3. The fourth-order valence-electron chi connectivity index (χ4n) is 0.839. The third-order valence-corrected chi connectivity index (χ3v) is 2.60. The summed E-state index contributed by atoms with van der Waals surface area (Å²) < 4.78 is 0. The molecule has 0 fully saturated rings. The smallest absolute Gasteiger partial charge is 0.228 e. The summed E-state index contributed by atoms with van der Waals surface area (Å²) in [6, 6.07) is 0. The fourth-order valence-corrected chi connectivity index (χ4v) is 1.76. The molecule has 0 saturated carbocycles. The molecule has 1 aromatic rings. The normalized spacial score (nSPS) is 12.5.